The maximum absolute atomic E-state index is 13.1. The first-order chi connectivity index (χ1) is 16.3. The summed E-state index contributed by atoms with van der Waals surface area (Å²) < 4.78 is 42.6. The lowest BCUT2D eigenvalue weighted by molar-refractivity contribution is 0.0941. The maximum atomic E-state index is 13.1. The van der Waals surface area contributed by atoms with Crippen molar-refractivity contribution in [2.45, 2.75) is 25.5 Å². The molecular formula is C26H29NO6S. The Kier molecular flexibility index (Phi) is 9.21. The van der Waals surface area contributed by atoms with Crippen molar-refractivity contribution >= 4 is 15.9 Å². The molecule has 0 fully saturated rings. The number of carbonyl (C=O) groups excluding carboxylic acids is 1. The molecule has 7 nitrogen and oxygen atoms in total. The number of carbonyl (C=O) groups is 1. The molecule has 0 amide bonds. The molecule has 0 heterocycles. The van der Waals surface area contributed by atoms with E-state index in [2.05, 4.69) is 5.32 Å². The fourth-order valence-corrected chi connectivity index (χ4v) is 3.97. The van der Waals surface area contributed by atoms with Crippen LogP contribution in [0.2, 0.25) is 0 Å². The van der Waals surface area contributed by atoms with Crippen LogP contribution in [0.15, 0.2) is 78.9 Å². The van der Waals surface area contributed by atoms with Crippen LogP contribution in [0.4, 0.5) is 0 Å². The van der Waals surface area contributed by atoms with Gasteiger partial charge in [-0.1, -0.05) is 42.5 Å². The summed E-state index contributed by atoms with van der Waals surface area (Å²) in [6, 6.07) is 23.3. The van der Waals surface area contributed by atoms with Gasteiger partial charge >= 0.3 is 0 Å². The molecule has 0 aliphatic rings. The molecule has 2 N–H and O–H groups in total. The first-order valence-corrected chi connectivity index (χ1v) is 12.6. The zero-order chi connectivity index (χ0) is 24.4. The van der Waals surface area contributed by atoms with E-state index in [1.165, 1.54) is 0 Å². The highest BCUT2D eigenvalue weighted by molar-refractivity contribution is 7.85. The van der Waals surface area contributed by atoms with E-state index in [1.807, 2.05) is 54.6 Å². The topological polar surface area (TPSA) is 102 Å². The Morgan fingerprint density at radius 1 is 0.912 bits per heavy atom. The van der Waals surface area contributed by atoms with E-state index in [4.69, 9.17) is 14.0 Å². The molecule has 1 atom stereocenters. The Labute approximate surface area is 200 Å². The average molecular weight is 484 g/mol. The molecule has 0 saturated heterocycles. The highest BCUT2D eigenvalue weighted by Crippen LogP contribution is 2.17. The predicted molar refractivity (Wildman–Crippen MR) is 131 cm³/mol. The minimum atomic E-state index is -4.19. The van der Waals surface area contributed by atoms with Gasteiger partial charge in [-0.05, 0) is 66.9 Å². The summed E-state index contributed by atoms with van der Waals surface area (Å²) in [5.74, 6) is 0.640. The van der Waals surface area contributed by atoms with E-state index < -0.39 is 21.9 Å². The van der Waals surface area contributed by atoms with Crippen molar-refractivity contribution in [2.24, 2.45) is 0 Å². The second-order valence-corrected chi connectivity index (χ2v) is 9.41. The summed E-state index contributed by atoms with van der Waals surface area (Å²) in [6.07, 6.45) is 0.610. The van der Waals surface area contributed by atoms with Crippen LogP contribution in [0.3, 0.4) is 0 Å². The van der Waals surface area contributed by atoms with Gasteiger partial charge < -0.3 is 14.8 Å². The van der Waals surface area contributed by atoms with Crippen LogP contribution in [0.5, 0.6) is 11.5 Å². The summed E-state index contributed by atoms with van der Waals surface area (Å²) in [5, 5.41) is 3.14. The lowest BCUT2D eigenvalue weighted by Gasteiger charge is -2.18. The fraction of sp³-hybridized carbons (Fsp3) is 0.269. The fourth-order valence-electron chi connectivity index (χ4n) is 3.43. The van der Waals surface area contributed by atoms with Gasteiger partial charge in [-0.3, -0.25) is 9.35 Å². The molecule has 0 spiro atoms. The number of hydrogen-bond acceptors (Lipinski definition) is 6. The number of rotatable bonds is 13. The summed E-state index contributed by atoms with van der Waals surface area (Å²) in [5.41, 5.74) is 2.52. The molecule has 0 bridgehead atoms. The lowest BCUT2D eigenvalue weighted by Crippen LogP contribution is -2.39. The van der Waals surface area contributed by atoms with Gasteiger partial charge in [0, 0.05) is 5.56 Å². The van der Waals surface area contributed by atoms with Crippen LogP contribution in [0.25, 0.3) is 0 Å². The van der Waals surface area contributed by atoms with E-state index >= 15 is 0 Å². The van der Waals surface area contributed by atoms with E-state index in [1.54, 1.807) is 31.4 Å². The number of ether oxygens (including phenoxy) is 2. The van der Waals surface area contributed by atoms with E-state index in [-0.39, 0.29) is 12.2 Å². The highest BCUT2D eigenvalue weighted by atomic mass is 32.2. The van der Waals surface area contributed by atoms with E-state index in [9.17, 15) is 13.2 Å². The van der Waals surface area contributed by atoms with Gasteiger partial charge in [0.05, 0.1) is 18.9 Å². The van der Waals surface area contributed by atoms with Gasteiger partial charge in [-0.2, -0.15) is 8.42 Å². The molecule has 3 rings (SSSR count). The number of Topliss-reactive ketones (excluding diaryl/α,β-unsaturated/α-hetero) is 1. The van der Waals surface area contributed by atoms with Crippen LogP contribution in [-0.2, 0) is 23.1 Å². The van der Waals surface area contributed by atoms with Crippen molar-refractivity contribution in [3.8, 4) is 11.5 Å². The van der Waals surface area contributed by atoms with Gasteiger partial charge in [0.2, 0.25) is 0 Å². The average Bonchev–Trinajstić information content (AvgIpc) is 2.85. The second-order valence-electron chi connectivity index (χ2n) is 7.84. The first kappa shape index (κ1) is 25.4. The smallest absolute Gasteiger partial charge is 0.264 e. The van der Waals surface area contributed by atoms with Crippen molar-refractivity contribution in [3.05, 3.63) is 95.6 Å². The third-order valence-corrected chi connectivity index (χ3v) is 6.08. The van der Waals surface area contributed by atoms with Gasteiger partial charge in [-0.15, -0.1) is 0 Å². The summed E-state index contributed by atoms with van der Waals surface area (Å²) in [7, 11) is -2.59. The molecule has 8 heteroatoms. The van der Waals surface area contributed by atoms with Crippen LogP contribution < -0.4 is 14.8 Å². The third-order valence-electron chi connectivity index (χ3n) is 5.33. The van der Waals surface area contributed by atoms with Crippen LogP contribution >= 0.6 is 0 Å². The standard InChI is InChI=1S/C26H29NO6S/c1-32-23-11-7-20(8-12-23)15-17-27-25(16-18-34(29,30)31)26(28)22-9-13-24(14-10-22)33-19-21-5-3-2-4-6-21/h2-14,25,27H,15-19H2,1H3,(H,29,30,31)/t25-/m0/s1. The molecule has 0 aliphatic heterocycles. The number of nitrogens with one attached hydrogen (secondary N) is 1. The second kappa shape index (κ2) is 12.3. The number of benzene rings is 3. The van der Waals surface area contributed by atoms with Gasteiger partial charge in [-0.25, -0.2) is 0 Å². The number of ketones is 1. The van der Waals surface area contributed by atoms with Crippen molar-refractivity contribution in [3.63, 3.8) is 0 Å². The Hall–Kier alpha value is -3.20. The zero-order valence-corrected chi connectivity index (χ0v) is 19.8. The zero-order valence-electron chi connectivity index (χ0n) is 19.0. The molecule has 3 aromatic rings. The number of methoxy groups -OCH3 is 1. The van der Waals surface area contributed by atoms with Crippen LogP contribution in [0.1, 0.15) is 27.9 Å². The highest BCUT2D eigenvalue weighted by Gasteiger charge is 2.22. The first-order valence-electron chi connectivity index (χ1n) is 11.0. The van der Waals surface area contributed by atoms with Gasteiger partial charge in [0.25, 0.3) is 10.1 Å². The van der Waals surface area contributed by atoms with Crippen molar-refractivity contribution in [1.29, 1.82) is 0 Å². The molecule has 180 valence electrons. The van der Waals surface area contributed by atoms with Gasteiger partial charge in [0.1, 0.15) is 18.1 Å². The largest absolute Gasteiger partial charge is 0.497 e. The number of hydrogen-bond donors (Lipinski definition) is 2. The minimum absolute atomic E-state index is 0.0352. The SMILES string of the molecule is COc1ccc(CCN[C@@H](CCS(=O)(=O)O)C(=O)c2ccc(OCc3ccccc3)cc2)cc1. The Balaban J connectivity index is 1.61. The summed E-state index contributed by atoms with van der Waals surface area (Å²) in [4.78, 5) is 13.1. The van der Waals surface area contributed by atoms with Crippen molar-refractivity contribution in [1.82, 2.24) is 5.32 Å². The quantitative estimate of drug-likeness (QED) is 0.280. The molecular weight excluding hydrogens is 454 g/mol. The van der Waals surface area contributed by atoms with Crippen molar-refractivity contribution < 1.29 is 27.2 Å². The summed E-state index contributed by atoms with van der Waals surface area (Å²) in [6.45, 7) is 0.879. The van der Waals surface area contributed by atoms with Crippen molar-refractivity contribution in [2.75, 3.05) is 19.4 Å². The molecule has 0 aliphatic carbocycles. The maximum Gasteiger partial charge on any atom is 0.264 e. The molecule has 0 saturated carbocycles. The van der Waals surface area contributed by atoms with E-state index in [0.29, 0.717) is 30.9 Å². The van der Waals surface area contributed by atoms with Crippen LogP contribution in [0, 0.1) is 0 Å². The van der Waals surface area contributed by atoms with Gasteiger partial charge in [0.15, 0.2) is 5.78 Å². The molecule has 0 radical (unpaired) electrons. The predicted octanol–water partition coefficient (Wildman–Crippen LogP) is 3.94. The lowest BCUT2D eigenvalue weighted by atomic mass is 10.0. The molecule has 34 heavy (non-hydrogen) atoms. The molecule has 0 aromatic heterocycles. The van der Waals surface area contributed by atoms with E-state index in [0.717, 1.165) is 16.9 Å². The Morgan fingerprint density at radius 2 is 1.56 bits per heavy atom. The summed E-state index contributed by atoms with van der Waals surface area (Å²) >= 11 is 0. The monoisotopic (exact) mass is 483 g/mol. The Bertz CT molecular complexity index is 1150. The minimum Gasteiger partial charge on any atom is -0.497 e. The van der Waals surface area contributed by atoms with Crippen LogP contribution in [-0.4, -0.2) is 44.2 Å². The Morgan fingerprint density at radius 3 is 2.18 bits per heavy atom. The third kappa shape index (κ3) is 8.30. The molecule has 3 aromatic carbocycles. The normalized spacial score (nSPS) is 12.2. The molecule has 0 unspecified atom stereocenters.